The lowest BCUT2D eigenvalue weighted by Gasteiger charge is -2.25. The molecule has 0 amide bonds. The highest BCUT2D eigenvalue weighted by Crippen LogP contribution is 2.29. The lowest BCUT2D eigenvalue weighted by Crippen LogP contribution is -2.26. The van der Waals surface area contributed by atoms with Crippen molar-refractivity contribution < 1.29 is 9.47 Å². The minimum atomic E-state index is -0.0158. The summed E-state index contributed by atoms with van der Waals surface area (Å²) in [6.07, 6.45) is 2.14. The summed E-state index contributed by atoms with van der Waals surface area (Å²) in [7, 11) is 0. The molecule has 17 heavy (non-hydrogen) atoms. The fourth-order valence-electron chi connectivity index (χ4n) is 1.96. The molecule has 0 aliphatic carbocycles. The van der Waals surface area contributed by atoms with Gasteiger partial charge in [0.1, 0.15) is 11.9 Å². The summed E-state index contributed by atoms with van der Waals surface area (Å²) in [4.78, 5) is 0. The molecular formula is C13H18BrNO2. The van der Waals surface area contributed by atoms with Gasteiger partial charge in [0.05, 0.1) is 13.2 Å². The van der Waals surface area contributed by atoms with Crippen LogP contribution in [0.15, 0.2) is 22.7 Å². The Balaban J connectivity index is 2.14. The summed E-state index contributed by atoms with van der Waals surface area (Å²) >= 11 is 3.46. The number of benzene rings is 1. The Morgan fingerprint density at radius 3 is 2.76 bits per heavy atom. The molecular weight excluding hydrogens is 282 g/mol. The first kappa shape index (κ1) is 12.9. The molecule has 1 atom stereocenters. The highest BCUT2D eigenvalue weighted by molar-refractivity contribution is 9.10. The first-order chi connectivity index (χ1) is 8.16. The monoisotopic (exact) mass is 299 g/mol. The Hall–Kier alpha value is -0.580. The van der Waals surface area contributed by atoms with Crippen molar-refractivity contribution in [1.82, 2.24) is 0 Å². The van der Waals surface area contributed by atoms with Gasteiger partial charge in [-0.1, -0.05) is 22.0 Å². The Labute approximate surface area is 110 Å². The fraction of sp³-hybridized carbons (Fsp3) is 0.538. The second kappa shape index (κ2) is 5.85. The first-order valence-electron chi connectivity index (χ1n) is 5.96. The van der Waals surface area contributed by atoms with Crippen molar-refractivity contribution in [3.05, 3.63) is 28.2 Å². The van der Waals surface area contributed by atoms with Crippen molar-refractivity contribution in [3.63, 3.8) is 0 Å². The zero-order valence-electron chi connectivity index (χ0n) is 9.99. The highest BCUT2D eigenvalue weighted by Gasteiger charge is 2.18. The van der Waals surface area contributed by atoms with Crippen LogP contribution in [0.5, 0.6) is 5.75 Å². The molecule has 0 bridgehead atoms. The Morgan fingerprint density at radius 2 is 2.12 bits per heavy atom. The summed E-state index contributed by atoms with van der Waals surface area (Å²) in [5.74, 6) is 0.890. The maximum atomic E-state index is 6.04. The van der Waals surface area contributed by atoms with Crippen LogP contribution in [0, 0.1) is 0 Å². The first-order valence-corrected chi connectivity index (χ1v) is 6.75. The molecule has 2 rings (SSSR count). The van der Waals surface area contributed by atoms with E-state index in [-0.39, 0.29) is 12.1 Å². The quantitative estimate of drug-likeness (QED) is 0.933. The lowest BCUT2D eigenvalue weighted by atomic mass is 10.1. The lowest BCUT2D eigenvalue weighted by molar-refractivity contribution is 0.0251. The van der Waals surface area contributed by atoms with Crippen molar-refractivity contribution in [2.24, 2.45) is 5.73 Å². The topological polar surface area (TPSA) is 44.5 Å². The van der Waals surface area contributed by atoms with E-state index in [0.717, 1.165) is 41.8 Å². The molecule has 3 nitrogen and oxygen atoms in total. The van der Waals surface area contributed by atoms with Crippen molar-refractivity contribution in [2.45, 2.75) is 31.9 Å². The van der Waals surface area contributed by atoms with Gasteiger partial charge in [0.15, 0.2) is 0 Å². The molecule has 1 aliphatic heterocycles. The van der Waals surface area contributed by atoms with E-state index in [1.807, 2.05) is 25.1 Å². The van der Waals surface area contributed by atoms with E-state index >= 15 is 0 Å². The maximum Gasteiger partial charge on any atom is 0.125 e. The van der Waals surface area contributed by atoms with Crippen LogP contribution >= 0.6 is 15.9 Å². The van der Waals surface area contributed by atoms with Crippen LogP contribution < -0.4 is 10.5 Å². The molecule has 1 aromatic carbocycles. The van der Waals surface area contributed by atoms with Crippen LogP contribution in [-0.2, 0) is 4.74 Å². The molecule has 0 aromatic heterocycles. The third kappa shape index (κ3) is 3.44. The van der Waals surface area contributed by atoms with Crippen LogP contribution in [-0.4, -0.2) is 19.3 Å². The van der Waals surface area contributed by atoms with Gasteiger partial charge < -0.3 is 15.2 Å². The number of ether oxygens (including phenoxy) is 2. The van der Waals surface area contributed by atoms with E-state index in [1.165, 1.54) is 0 Å². The largest absolute Gasteiger partial charge is 0.490 e. The molecule has 1 unspecified atom stereocenters. The van der Waals surface area contributed by atoms with E-state index in [9.17, 15) is 0 Å². The van der Waals surface area contributed by atoms with E-state index in [4.69, 9.17) is 15.2 Å². The molecule has 1 aromatic rings. The summed E-state index contributed by atoms with van der Waals surface area (Å²) in [5, 5.41) is 0. The zero-order chi connectivity index (χ0) is 12.3. The number of nitrogens with two attached hydrogens (primary N) is 1. The van der Waals surface area contributed by atoms with E-state index < -0.39 is 0 Å². The van der Waals surface area contributed by atoms with Crippen molar-refractivity contribution >= 4 is 15.9 Å². The number of rotatable bonds is 3. The van der Waals surface area contributed by atoms with Crippen LogP contribution in [0.25, 0.3) is 0 Å². The Bertz CT molecular complexity index is 376. The molecule has 0 radical (unpaired) electrons. The van der Waals surface area contributed by atoms with Crippen molar-refractivity contribution in [1.29, 1.82) is 0 Å². The van der Waals surface area contributed by atoms with Gasteiger partial charge in [-0.2, -0.15) is 0 Å². The molecule has 1 fully saturated rings. The molecule has 94 valence electrons. The van der Waals surface area contributed by atoms with Crippen LogP contribution in [0.3, 0.4) is 0 Å². The van der Waals surface area contributed by atoms with Gasteiger partial charge in [0.2, 0.25) is 0 Å². The fourth-order valence-corrected chi connectivity index (χ4v) is 2.30. The molecule has 1 saturated heterocycles. The van der Waals surface area contributed by atoms with Gasteiger partial charge in [-0.05, 0) is 19.1 Å². The number of hydrogen-bond acceptors (Lipinski definition) is 3. The van der Waals surface area contributed by atoms with Crippen molar-refractivity contribution in [3.8, 4) is 5.75 Å². The normalized spacial score (nSPS) is 19.0. The molecule has 0 saturated carbocycles. The smallest absolute Gasteiger partial charge is 0.125 e. The third-order valence-electron chi connectivity index (χ3n) is 2.93. The maximum absolute atomic E-state index is 6.04. The van der Waals surface area contributed by atoms with Crippen molar-refractivity contribution in [2.75, 3.05) is 13.2 Å². The van der Waals surface area contributed by atoms with Gasteiger partial charge in [0.25, 0.3) is 0 Å². The molecule has 4 heteroatoms. The minimum Gasteiger partial charge on any atom is -0.490 e. The summed E-state index contributed by atoms with van der Waals surface area (Å²) in [6.45, 7) is 3.54. The zero-order valence-corrected chi connectivity index (χ0v) is 11.6. The SMILES string of the molecule is CC(N)c1ccc(Br)cc1OC1CCOCC1. The molecule has 2 N–H and O–H groups in total. The summed E-state index contributed by atoms with van der Waals surface area (Å²) < 4.78 is 12.4. The van der Waals surface area contributed by atoms with Gasteiger partial charge in [-0.25, -0.2) is 0 Å². The van der Waals surface area contributed by atoms with Gasteiger partial charge in [-0.15, -0.1) is 0 Å². The van der Waals surface area contributed by atoms with Crippen LogP contribution in [0.2, 0.25) is 0 Å². The predicted molar refractivity (Wildman–Crippen MR) is 71.2 cm³/mol. The molecule has 1 aliphatic rings. The highest BCUT2D eigenvalue weighted by atomic mass is 79.9. The van der Waals surface area contributed by atoms with Gasteiger partial charge >= 0.3 is 0 Å². The third-order valence-corrected chi connectivity index (χ3v) is 3.42. The average molecular weight is 300 g/mol. The standard InChI is InChI=1S/C13H18BrNO2/c1-9(15)12-3-2-10(14)8-13(12)17-11-4-6-16-7-5-11/h2-3,8-9,11H,4-7,15H2,1H3. The molecule has 0 spiro atoms. The van der Waals surface area contributed by atoms with Crippen LogP contribution in [0.4, 0.5) is 0 Å². The summed E-state index contributed by atoms with van der Waals surface area (Å²) in [5.41, 5.74) is 7.00. The average Bonchev–Trinajstić information content (AvgIpc) is 2.30. The summed E-state index contributed by atoms with van der Waals surface area (Å²) in [6, 6.07) is 5.99. The van der Waals surface area contributed by atoms with Gasteiger partial charge in [0, 0.05) is 28.9 Å². The Morgan fingerprint density at radius 1 is 1.41 bits per heavy atom. The number of halogens is 1. The predicted octanol–water partition coefficient (Wildman–Crippen LogP) is 3.03. The second-order valence-corrected chi connectivity index (χ2v) is 5.32. The van der Waals surface area contributed by atoms with E-state index in [0.29, 0.717) is 0 Å². The number of hydrogen-bond donors (Lipinski definition) is 1. The van der Waals surface area contributed by atoms with Gasteiger partial charge in [-0.3, -0.25) is 0 Å². The Kier molecular flexibility index (Phi) is 4.42. The molecule has 1 heterocycles. The second-order valence-electron chi connectivity index (χ2n) is 4.40. The van der Waals surface area contributed by atoms with E-state index in [1.54, 1.807) is 0 Å². The van der Waals surface area contributed by atoms with Crippen LogP contribution in [0.1, 0.15) is 31.4 Å². The minimum absolute atomic E-state index is 0.0158. The van der Waals surface area contributed by atoms with E-state index in [2.05, 4.69) is 15.9 Å².